The van der Waals surface area contributed by atoms with E-state index < -0.39 is 0 Å². The van der Waals surface area contributed by atoms with Crippen molar-refractivity contribution in [1.82, 2.24) is 20.6 Å². The molecular weight excluding hydrogens is 338 g/mol. The highest BCUT2D eigenvalue weighted by atomic mass is 16.5. The van der Waals surface area contributed by atoms with Gasteiger partial charge in [-0.25, -0.2) is 0 Å². The predicted octanol–water partition coefficient (Wildman–Crippen LogP) is 4.53. The summed E-state index contributed by atoms with van der Waals surface area (Å²) >= 11 is 0. The summed E-state index contributed by atoms with van der Waals surface area (Å²) in [6.07, 6.45) is 17.3. The van der Waals surface area contributed by atoms with Crippen LogP contribution in [0.25, 0.3) is 0 Å². The number of rotatable bonds is 18. The van der Waals surface area contributed by atoms with Crippen LogP contribution in [0.2, 0.25) is 0 Å². The summed E-state index contributed by atoms with van der Waals surface area (Å²) in [6.45, 7) is 4.07. The molecule has 0 radical (unpaired) electrons. The first-order valence-corrected chi connectivity index (χ1v) is 11.2. The first-order valence-electron chi connectivity index (χ1n) is 11.2. The third-order valence-electron chi connectivity index (χ3n) is 4.90. The van der Waals surface area contributed by atoms with Gasteiger partial charge in [0.1, 0.15) is 12.6 Å². The van der Waals surface area contributed by atoms with Crippen LogP contribution < -0.4 is 0 Å². The van der Waals surface area contributed by atoms with Crippen molar-refractivity contribution in [3.05, 3.63) is 5.82 Å². The molecule has 0 bridgehead atoms. The number of unbranched alkanes of at least 4 members (excludes halogenated alkanes) is 11. The summed E-state index contributed by atoms with van der Waals surface area (Å²) in [5, 5.41) is 14.3. The van der Waals surface area contributed by atoms with E-state index in [9.17, 15) is 0 Å². The van der Waals surface area contributed by atoms with E-state index in [4.69, 9.17) is 4.74 Å². The summed E-state index contributed by atoms with van der Waals surface area (Å²) < 4.78 is 7.02. The molecule has 0 aliphatic heterocycles. The van der Waals surface area contributed by atoms with E-state index in [0.717, 1.165) is 36.3 Å². The van der Waals surface area contributed by atoms with Crippen LogP contribution in [0.1, 0.15) is 89.8 Å². The van der Waals surface area contributed by atoms with Gasteiger partial charge in [0.2, 0.25) is 0 Å². The molecule has 27 heavy (non-hydrogen) atoms. The maximum atomic E-state index is 6.15. The Labute approximate surface area is 167 Å². The molecule has 6 nitrogen and oxygen atoms in total. The lowest BCUT2D eigenvalue weighted by Gasteiger charge is -2.28. The molecule has 1 unspecified atom stereocenters. The molecular formula is C21H44N5O+. The van der Waals surface area contributed by atoms with Gasteiger partial charge >= 0.3 is 0 Å². The van der Waals surface area contributed by atoms with Gasteiger partial charge in [-0.15, -0.1) is 10.2 Å². The van der Waals surface area contributed by atoms with Crippen LogP contribution in [-0.2, 0) is 11.2 Å². The fourth-order valence-corrected chi connectivity index (χ4v) is 3.45. The Bertz CT molecular complexity index is 430. The van der Waals surface area contributed by atoms with Crippen LogP contribution in [0.15, 0.2) is 0 Å². The van der Waals surface area contributed by atoms with Crippen molar-refractivity contribution in [3.63, 3.8) is 0 Å². The lowest BCUT2D eigenvalue weighted by molar-refractivity contribution is -0.873. The summed E-state index contributed by atoms with van der Waals surface area (Å²) in [4.78, 5) is 0. The van der Waals surface area contributed by atoms with Gasteiger partial charge in [0.15, 0.2) is 5.82 Å². The van der Waals surface area contributed by atoms with Crippen LogP contribution in [0.4, 0.5) is 0 Å². The van der Waals surface area contributed by atoms with Gasteiger partial charge in [0, 0.05) is 13.0 Å². The highest BCUT2D eigenvalue weighted by Gasteiger charge is 2.20. The number of nitrogens with one attached hydrogen (secondary N) is 1. The smallest absolute Gasteiger partial charge is 0.177 e. The number of tetrazole rings is 1. The van der Waals surface area contributed by atoms with E-state index in [2.05, 4.69) is 48.7 Å². The Hall–Kier alpha value is -1.01. The molecule has 0 saturated heterocycles. The van der Waals surface area contributed by atoms with E-state index in [1.54, 1.807) is 0 Å². The molecule has 0 aliphatic rings. The molecule has 0 fully saturated rings. The number of aromatic nitrogens is 4. The lowest BCUT2D eigenvalue weighted by atomic mass is 10.1. The molecule has 1 aromatic rings. The molecule has 1 heterocycles. The van der Waals surface area contributed by atoms with E-state index in [-0.39, 0.29) is 6.10 Å². The minimum absolute atomic E-state index is 0.148. The number of aromatic amines is 1. The number of ether oxygens (including phenoxy) is 1. The van der Waals surface area contributed by atoms with Crippen molar-refractivity contribution in [2.45, 2.75) is 96.5 Å². The highest BCUT2D eigenvalue weighted by Crippen LogP contribution is 2.12. The van der Waals surface area contributed by atoms with Gasteiger partial charge < -0.3 is 9.22 Å². The third kappa shape index (κ3) is 14.7. The van der Waals surface area contributed by atoms with Crippen LogP contribution in [0.5, 0.6) is 0 Å². The number of quaternary nitrogens is 1. The van der Waals surface area contributed by atoms with E-state index in [0.29, 0.717) is 0 Å². The molecule has 1 rings (SSSR count). The number of hydrogen-bond acceptors (Lipinski definition) is 4. The Balaban J connectivity index is 2.00. The summed E-state index contributed by atoms with van der Waals surface area (Å²) in [5.74, 6) is 0.739. The fourth-order valence-electron chi connectivity index (χ4n) is 3.45. The van der Waals surface area contributed by atoms with Crippen LogP contribution >= 0.6 is 0 Å². The monoisotopic (exact) mass is 382 g/mol. The quantitative estimate of drug-likeness (QED) is 0.299. The normalized spacial score (nSPS) is 13.2. The zero-order valence-electron chi connectivity index (χ0n) is 18.4. The summed E-state index contributed by atoms with van der Waals surface area (Å²) in [7, 11) is 6.57. The average Bonchev–Trinajstić information content (AvgIpc) is 3.10. The number of hydrogen-bond donors (Lipinski definition) is 1. The van der Waals surface area contributed by atoms with Crippen molar-refractivity contribution >= 4 is 0 Å². The largest absolute Gasteiger partial charge is 0.372 e. The number of likely N-dealkylation sites (N-methyl/N-ethyl adjacent to an activating group) is 1. The van der Waals surface area contributed by atoms with Crippen LogP contribution in [-0.4, -0.2) is 65.5 Å². The molecule has 158 valence electrons. The maximum absolute atomic E-state index is 6.15. The SMILES string of the molecule is CCCCCCCCCCCCCCOC(Cc1nn[nH]n1)C[N+](C)(C)C. The summed E-state index contributed by atoms with van der Waals surface area (Å²) in [6, 6.07) is 0. The minimum atomic E-state index is 0.148. The van der Waals surface area contributed by atoms with Crippen molar-refractivity contribution < 1.29 is 9.22 Å². The molecule has 0 saturated carbocycles. The van der Waals surface area contributed by atoms with E-state index in [1.165, 1.54) is 70.6 Å². The molecule has 0 aromatic carbocycles. The number of H-pyrrole nitrogens is 1. The highest BCUT2D eigenvalue weighted by molar-refractivity contribution is 4.81. The Morgan fingerprint density at radius 2 is 1.41 bits per heavy atom. The Morgan fingerprint density at radius 3 is 1.89 bits per heavy atom. The van der Waals surface area contributed by atoms with Crippen LogP contribution in [0.3, 0.4) is 0 Å². The van der Waals surface area contributed by atoms with Gasteiger partial charge in [-0.2, -0.15) is 5.21 Å². The molecule has 1 atom stereocenters. The van der Waals surface area contributed by atoms with Crippen molar-refractivity contribution in [1.29, 1.82) is 0 Å². The van der Waals surface area contributed by atoms with Gasteiger partial charge in [0.05, 0.1) is 21.1 Å². The first-order chi connectivity index (χ1) is 13.0. The molecule has 1 aromatic heterocycles. The standard InChI is InChI=1S/C21H44N5O/c1-5-6-7-8-9-10-11-12-13-14-15-16-17-27-20(19-26(2,3)4)18-21-22-24-25-23-21/h20H,5-19H2,1-4H3,(H,22,23,24,25)/q+1. The average molecular weight is 383 g/mol. The molecule has 1 N–H and O–H groups in total. The Morgan fingerprint density at radius 1 is 0.852 bits per heavy atom. The minimum Gasteiger partial charge on any atom is -0.372 e. The third-order valence-corrected chi connectivity index (χ3v) is 4.90. The zero-order valence-corrected chi connectivity index (χ0v) is 18.4. The van der Waals surface area contributed by atoms with E-state index >= 15 is 0 Å². The second-order valence-corrected chi connectivity index (χ2v) is 8.89. The van der Waals surface area contributed by atoms with Crippen LogP contribution in [0, 0.1) is 0 Å². The lowest BCUT2D eigenvalue weighted by Crippen LogP contribution is -2.43. The predicted molar refractivity (Wildman–Crippen MR) is 112 cm³/mol. The van der Waals surface area contributed by atoms with Crippen molar-refractivity contribution in [3.8, 4) is 0 Å². The molecule has 0 aliphatic carbocycles. The van der Waals surface area contributed by atoms with E-state index in [1.807, 2.05) is 0 Å². The molecule has 0 amide bonds. The van der Waals surface area contributed by atoms with Gasteiger partial charge in [0.25, 0.3) is 0 Å². The molecule has 0 spiro atoms. The van der Waals surface area contributed by atoms with Gasteiger partial charge in [-0.1, -0.05) is 82.8 Å². The fraction of sp³-hybridized carbons (Fsp3) is 0.952. The first kappa shape index (κ1) is 24.0. The van der Waals surface area contributed by atoms with Gasteiger partial charge in [-0.05, 0) is 6.42 Å². The number of nitrogens with zero attached hydrogens (tertiary/aromatic N) is 4. The second-order valence-electron chi connectivity index (χ2n) is 8.89. The zero-order chi connectivity index (χ0) is 19.8. The molecule has 6 heteroatoms. The second kappa shape index (κ2) is 15.0. The topological polar surface area (TPSA) is 63.7 Å². The maximum Gasteiger partial charge on any atom is 0.177 e. The van der Waals surface area contributed by atoms with Crippen molar-refractivity contribution in [2.75, 3.05) is 34.3 Å². The van der Waals surface area contributed by atoms with Crippen molar-refractivity contribution in [2.24, 2.45) is 0 Å². The summed E-state index contributed by atoms with van der Waals surface area (Å²) in [5.41, 5.74) is 0. The van der Waals surface area contributed by atoms with Gasteiger partial charge in [-0.3, -0.25) is 0 Å². The Kier molecular flexibility index (Phi) is 13.3.